The summed E-state index contributed by atoms with van der Waals surface area (Å²) in [5.41, 5.74) is 1.92. The second-order valence-corrected chi connectivity index (χ2v) is 12.6. The average molecular weight is 454 g/mol. The van der Waals surface area contributed by atoms with E-state index in [2.05, 4.69) is 10.2 Å². The molecule has 4 saturated carbocycles. The minimum atomic E-state index is -0.156. The summed E-state index contributed by atoms with van der Waals surface area (Å²) in [5.74, 6) is 3.64. The van der Waals surface area contributed by atoms with Gasteiger partial charge in [0.15, 0.2) is 0 Å². The van der Waals surface area contributed by atoms with Crippen molar-refractivity contribution in [3.63, 3.8) is 0 Å². The fraction of sp³-hybridized carbons (Fsp3) is 0.692. The Morgan fingerprint density at radius 1 is 0.969 bits per heavy atom. The van der Waals surface area contributed by atoms with Gasteiger partial charge in [0.05, 0.1) is 4.87 Å². The zero-order valence-electron chi connectivity index (χ0n) is 19.1. The molecule has 1 N–H and O–H groups in total. The predicted molar refractivity (Wildman–Crippen MR) is 128 cm³/mol. The zero-order valence-corrected chi connectivity index (χ0v) is 20.0. The van der Waals surface area contributed by atoms with Crippen LogP contribution in [0.1, 0.15) is 67.3 Å². The van der Waals surface area contributed by atoms with Crippen molar-refractivity contribution < 1.29 is 9.59 Å². The van der Waals surface area contributed by atoms with Gasteiger partial charge in [-0.15, -0.1) is 11.8 Å². The number of hydrogen-bond acceptors (Lipinski definition) is 3. The molecule has 2 aliphatic heterocycles. The number of aryl methyl sites for hydroxylation is 1. The van der Waals surface area contributed by atoms with Crippen LogP contribution in [0.25, 0.3) is 0 Å². The highest BCUT2D eigenvalue weighted by atomic mass is 32.2. The summed E-state index contributed by atoms with van der Waals surface area (Å²) in [7, 11) is 0. The Balaban J connectivity index is 1.11. The maximum absolute atomic E-state index is 13.4. The van der Waals surface area contributed by atoms with Gasteiger partial charge in [-0.25, -0.2) is 4.79 Å². The Kier molecular flexibility index (Phi) is 5.01. The van der Waals surface area contributed by atoms with Crippen LogP contribution >= 0.6 is 11.8 Å². The molecule has 6 aliphatic rings. The Labute approximate surface area is 195 Å². The second kappa shape index (κ2) is 7.68. The molecule has 2 saturated heterocycles. The molecule has 7 rings (SSSR count). The van der Waals surface area contributed by atoms with Crippen LogP contribution in [0, 0.1) is 24.7 Å². The van der Waals surface area contributed by atoms with E-state index < -0.39 is 0 Å². The van der Waals surface area contributed by atoms with Gasteiger partial charge >= 0.3 is 6.03 Å². The molecule has 0 atom stereocenters. The number of urea groups is 1. The Morgan fingerprint density at radius 2 is 1.59 bits per heavy atom. The van der Waals surface area contributed by atoms with Crippen molar-refractivity contribution in [3.05, 3.63) is 35.4 Å². The summed E-state index contributed by atoms with van der Waals surface area (Å²) in [4.78, 5) is 30.7. The topological polar surface area (TPSA) is 52.7 Å². The lowest BCUT2D eigenvalue weighted by molar-refractivity contribution is -0.0164. The molecule has 2 heterocycles. The van der Waals surface area contributed by atoms with Crippen molar-refractivity contribution in [2.45, 2.75) is 68.7 Å². The number of nitrogens with one attached hydrogen (secondary N) is 1. The molecule has 6 fully saturated rings. The average Bonchev–Trinajstić information content (AvgIpc) is 3.15. The SMILES string of the molecule is Cc1ccccc1C(=O)N1CCSC12CCN(C(=O)NC13CC4CC(CC(C4)C1)C3)CC2. The molecule has 0 aromatic heterocycles. The standard InChI is InChI=1S/C26H35N3O2S/c1-18-4-2-3-5-22(18)23(30)29-10-11-32-26(29)6-8-28(9-7-26)24(31)27-25-15-19-12-20(16-25)14-21(13-19)17-25/h2-5,19-21H,6-17H2,1H3,(H,27,31). The van der Waals surface area contributed by atoms with Crippen LogP contribution in [0.3, 0.4) is 0 Å². The van der Waals surface area contributed by atoms with Gasteiger partial charge in [-0.1, -0.05) is 18.2 Å². The number of rotatable bonds is 2. The summed E-state index contributed by atoms with van der Waals surface area (Å²) in [5, 5.41) is 3.54. The molecule has 6 heteroatoms. The smallest absolute Gasteiger partial charge is 0.317 e. The van der Waals surface area contributed by atoms with Crippen molar-refractivity contribution in [2.75, 3.05) is 25.4 Å². The number of nitrogens with zero attached hydrogens (tertiary/aromatic N) is 2. The first-order valence-electron chi connectivity index (χ1n) is 12.5. The van der Waals surface area contributed by atoms with Gasteiger partial charge in [-0.2, -0.15) is 0 Å². The van der Waals surface area contributed by atoms with E-state index in [4.69, 9.17) is 0 Å². The van der Waals surface area contributed by atoms with Crippen molar-refractivity contribution in [1.82, 2.24) is 15.1 Å². The van der Waals surface area contributed by atoms with Gasteiger partial charge in [0.2, 0.25) is 0 Å². The van der Waals surface area contributed by atoms with E-state index in [1.165, 1.54) is 38.5 Å². The van der Waals surface area contributed by atoms with Crippen LogP contribution in [-0.2, 0) is 0 Å². The lowest BCUT2D eigenvalue weighted by Crippen LogP contribution is -2.63. The first-order chi connectivity index (χ1) is 15.5. The summed E-state index contributed by atoms with van der Waals surface area (Å²) in [6.07, 6.45) is 9.48. The molecule has 172 valence electrons. The molecule has 1 aromatic rings. The second-order valence-electron chi connectivity index (χ2n) is 11.2. The molecule has 4 aliphatic carbocycles. The monoisotopic (exact) mass is 453 g/mol. The van der Waals surface area contributed by atoms with Crippen molar-refractivity contribution >= 4 is 23.7 Å². The van der Waals surface area contributed by atoms with Crippen LogP contribution in [0.15, 0.2) is 24.3 Å². The number of piperidine rings is 1. The Morgan fingerprint density at radius 3 is 2.22 bits per heavy atom. The van der Waals surface area contributed by atoms with Gasteiger partial charge in [0.25, 0.3) is 5.91 Å². The predicted octanol–water partition coefficient (Wildman–Crippen LogP) is 4.65. The molecule has 1 spiro atoms. The minimum Gasteiger partial charge on any atom is -0.333 e. The van der Waals surface area contributed by atoms with E-state index in [1.54, 1.807) is 0 Å². The van der Waals surface area contributed by atoms with E-state index in [1.807, 2.05) is 47.9 Å². The molecule has 0 radical (unpaired) electrons. The quantitative estimate of drug-likeness (QED) is 0.709. The van der Waals surface area contributed by atoms with Crippen LogP contribution in [0.5, 0.6) is 0 Å². The summed E-state index contributed by atoms with van der Waals surface area (Å²) >= 11 is 1.92. The molecular formula is C26H35N3O2S. The van der Waals surface area contributed by atoms with E-state index >= 15 is 0 Å². The van der Waals surface area contributed by atoms with Crippen molar-refractivity contribution in [3.8, 4) is 0 Å². The van der Waals surface area contributed by atoms with E-state index in [0.717, 1.165) is 67.1 Å². The van der Waals surface area contributed by atoms with Gasteiger partial charge < -0.3 is 15.1 Å². The molecule has 32 heavy (non-hydrogen) atoms. The molecule has 4 bridgehead atoms. The number of amides is 3. The van der Waals surface area contributed by atoms with Crippen molar-refractivity contribution in [2.24, 2.45) is 17.8 Å². The Bertz CT molecular complexity index is 888. The fourth-order valence-corrected chi connectivity index (χ4v) is 9.35. The highest BCUT2D eigenvalue weighted by molar-refractivity contribution is 8.00. The first-order valence-corrected chi connectivity index (χ1v) is 13.5. The third-order valence-corrected chi connectivity index (χ3v) is 10.6. The lowest BCUT2D eigenvalue weighted by Gasteiger charge is -2.57. The number of carbonyl (C=O) groups excluding carboxylic acids is 2. The fourth-order valence-electron chi connectivity index (χ4n) is 7.90. The number of carbonyl (C=O) groups is 2. The number of hydrogen-bond donors (Lipinski definition) is 1. The van der Waals surface area contributed by atoms with E-state index in [-0.39, 0.29) is 22.3 Å². The van der Waals surface area contributed by atoms with Gasteiger partial charge in [-0.3, -0.25) is 4.79 Å². The first kappa shape index (κ1) is 20.9. The van der Waals surface area contributed by atoms with Gasteiger partial charge in [0.1, 0.15) is 0 Å². The zero-order chi connectivity index (χ0) is 21.9. The summed E-state index contributed by atoms with van der Waals surface area (Å²) in [6.45, 7) is 4.29. The van der Waals surface area contributed by atoms with E-state index in [9.17, 15) is 9.59 Å². The number of benzene rings is 1. The van der Waals surface area contributed by atoms with Crippen molar-refractivity contribution in [1.29, 1.82) is 0 Å². The molecule has 0 unspecified atom stereocenters. The van der Waals surface area contributed by atoms with Gasteiger partial charge in [-0.05, 0) is 87.7 Å². The van der Waals surface area contributed by atoms with Gasteiger partial charge in [0, 0.05) is 36.5 Å². The third kappa shape index (κ3) is 3.44. The third-order valence-electron chi connectivity index (χ3n) is 9.04. The largest absolute Gasteiger partial charge is 0.333 e. The highest BCUT2D eigenvalue weighted by Crippen LogP contribution is 2.55. The maximum Gasteiger partial charge on any atom is 0.317 e. The number of thioether (sulfide) groups is 1. The molecule has 5 nitrogen and oxygen atoms in total. The lowest BCUT2D eigenvalue weighted by atomic mass is 9.53. The normalized spacial score (nSPS) is 34.8. The summed E-state index contributed by atoms with van der Waals surface area (Å²) in [6, 6.07) is 8.04. The van der Waals surface area contributed by atoms with Crippen LogP contribution in [0.4, 0.5) is 4.79 Å². The number of likely N-dealkylation sites (tertiary alicyclic amines) is 1. The van der Waals surface area contributed by atoms with Crippen LogP contribution in [-0.4, -0.2) is 57.5 Å². The summed E-state index contributed by atoms with van der Waals surface area (Å²) < 4.78 is 0. The maximum atomic E-state index is 13.4. The van der Waals surface area contributed by atoms with Crippen LogP contribution in [0.2, 0.25) is 0 Å². The molecular weight excluding hydrogens is 418 g/mol. The van der Waals surface area contributed by atoms with E-state index in [0.29, 0.717) is 0 Å². The van der Waals surface area contributed by atoms with Crippen LogP contribution < -0.4 is 5.32 Å². The molecule has 3 amide bonds. The molecule has 1 aromatic carbocycles. The Hall–Kier alpha value is -1.69. The highest BCUT2D eigenvalue weighted by Gasteiger charge is 2.52. The minimum absolute atomic E-state index is 0.0654.